The van der Waals surface area contributed by atoms with E-state index in [-0.39, 0.29) is 22.7 Å². The molecule has 0 saturated carbocycles. The molecule has 0 bridgehead atoms. The number of halogens is 2. The molecule has 0 spiro atoms. The first-order valence-electron chi connectivity index (χ1n) is 5.22. The minimum atomic E-state index is -3.46. The Kier molecular flexibility index (Phi) is 5.44. The van der Waals surface area contributed by atoms with Crippen molar-refractivity contribution < 1.29 is 8.42 Å². The standard InChI is InChI=1S/C11H15BrClNO2S/c1-8(2)11(13)7-14-17(15,16)10-5-3-9(12)4-6-10/h3-6,8,11,14H,7H2,1-2H3. The van der Waals surface area contributed by atoms with Gasteiger partial charge < -0.3 is 0 Å². The molecule has 0 aliphatic heterocycles. The van der Waals surface area contributed by atoms with Crippen molar-refractivity contribution in [3.8, 4) is 0 Å². The third-order valence-corrected chi connectivity index (χ3v) is 4.94. The van der Waals surface area contributed by atoms with Crippen molar-refractivity contribution in [3.63, 3.8) is 0 Å². The Hall–Kier alpha value is -0.100. The molecule has 0 aliphatic carbocycles. The Balaban J connectivity index is 2.72. The fourth-order valence-corrected chi connectivity index (χ4v) is 2.62. The van der Waals surface area contributed by atoms with Gasteiger partial charge in [0.15, 0.2) is 0 Å². The van der Waals surface area contributed by atoms with Gasteiger partial charge in [0, 0.05) is 16.4 Å². The first-order chi connectivity index (χ1) is 7.83. The van der Waals surface area contributed by atoms with Crippen molar-refractivity contribution in [2.75, 3.05) is 6.54 Å². The molecular formula is C11H15BrClNO2S. The third-order valence-electron chi connectivity index (χ3n) is 2.32. The van der Waals surface area contributed by atoms with Gasteiger partial charge in [-0.15, -0.1) is 11.6 Å². The van der Waals surface area contributed by atoms with Gasteiger partial charge in [-0.05, 0) is 30.2 Å². The molecule has 1 N–H and O–H groups in total. The predicted octanol–water partition coefficient (Wildman–Crippen LogP) is 2.99. The third kappa shape index (κ3) is 4.58. The molecule has 1 aromatic carbocycles. The van der Waals surface area contributed by atoms with E-state index in [1.807, 2.05) is 13.8 Å². The minimum absolute atomic E-state index is 0.208. The number of nitrogens with one attached hydrogen (secondary N) is 1. The highest BCUT2D eigenvalue weighted by molar-refractivity contribution is 9.10. The summed E-state index contributed by atoms with van der Waals surface area (Å²) in [7, 11) is -3.46. The Morgan fingerprint density at radius 2 is 1.82 bits per heavy atom. The average Bonchev–Trinajstić information content (AvgIpc) is 2.26. The van der Waals surface area contributed by atoms with E-state index in [4.69, 9.17) is 11.6 Å². The van der Waals surface area contributed by atoms with Gasteiger partial charge in [-0.1, -0.05) is 29.8 Å². The van der Waals surface area contributed by atoms with Crippen LogP contribution in [0.3, 0.4) is 0 Å². The summed E-state index contributed by atoms with van der Waals surface area (Å²) in [6.45, 7) is 4.13. The smallest absolute Gasteiger partial charge is 0.210 e. The molecule has 0 aromatic heterocycles. The largest absolute Gasteiger partial charge is 0.240 e. The van der Waals surface area contributed by atoms with E-state index in [2.05, 4.69) is 20.7 Å². The van der Waals surface area contributed by atoms with Gasteiger partial charge in [0.1, 0.15) is 0 Å². The Morgan fingerprint density at radius 3 is 2.29 bits per heavy atom. The van der Waals surface area contributed by atoms with Crippen LogP contribution in [0.5, 0.6) is 0 Å². The molecule has 3 nitrogen and oxygen atoms in total. The highest BCUT2D eigenvalue weighted by Gasteiger charge is 2.17. The lowest BCUT2D eigenvalue weighted by Crippen LogP contribution is -2.32. The van der Waals surface area contributed by atoms with Crippen LogP contribution in [0.25, 0.3) is 0 Å². The fourth-order valence-electron chi connectivity index (χ4n) is 1.12. The molecule has 1 aromatic rings. The maximum atomic E-state index is 11.9. The maximum Gasteiger partial charge on any atom is 0.240 e. The van der Waals surface area contributed by atoms with Crippen LogP contribution < -0.4 is 4.72 Å². The van der Waals surface area contributed by atoms with Gasteiger partial charge in [0.25, 0.3) is 0 Å². The number of benzene rings is 1. The molecule has 1 atom stereocenters. The van der Waals surface area contributed by atoms with E-state index in [0.29, 0.717) is 0 Å². The zero-order valence-electron chi connectivity index (χ0n) is 9.65. The summed E-state index contributed by atoms with van der Waals surface area (Å²) in [5, 5.41) is -0.208. The van der Waals surface area contributed by atoms with Crippen LogP contribution in [-0.2, 0) is 10.0 Å². The lowest BCUT2D eigenvalue weighted by atomic mass is 10.1. The second-order valence-electron chi connectivity index (χ2n) is 4.07. The lowest BCUT2D eigenvalue weighted by molar-refractivity contribution is 0.556. The van der Waals surface area contributed by atoms with Crippen LogP contribution in [0, 0.1) is 5.92 Å². The van der Waals surface area contributed by atoms with E-state index in [9.17, 15) is 8.42 Å². The maximum absolute atomic E-state index is 11.9. The van der Waals surface area contributed by atoms with Crippen LogP contribution >= 0.6 is 27.5 Å². The molecule has 0 amide bonds. The second-order valence-corrected chi connectivity index (χ2v) is 7.31. The van der Waals surface area contributed by atoms with Crippen molar-refractivity contribution in [2.45, 2.75) is 24.1 Å². The van der Waals surface area contributed by atoms with E-state index in [1.54, 1.807) is 24.3 Å². The number of sulfonamides is 1. The number of hydrogen-bond acceptors (Lipinski definition) is 2. The van der Waals surface area contributed by atoms with Crippen LogP contribution in [0.15, 0.2) is 33.6 Å². The Bertz CT molecular complexity index is 459. The molecule has 1 rings (SSSR count). The van der Waals surface area contributed by atoms with E-state index in [1.165, 1.54) is 0 Å². The number of hydrogen-bond donors (Lipinski definition) is 1. The zero-order chi connectivity index (χ0) is 13.1. The number of rotatable bonds is 5. The SMILES string of the molecule is CC(C)C(Cl)CNS(=O)(=O)c1ccc(Br)cc1. The average molecular weight is 341 g/mol. The summed E-state index contributed by atoms with van der Waals surface area (Å²) < 4.78 is 27.1. The van der Waals surface area contributed by atoms with Gasteiger partial charge in [0.05, 0.1) is 4.90 Å². The summed E-state index contributed by atoms with van der Waals surface area (Å²) >= 11 is 9.26. The minimum Gasteiger partial charge on any atom is -0.210 e. The molecular weight excluding hydrogens is 326 g/mol. The van der Waals surface area contributed by atoms with Crippen LogP contribution in [0.2, 0.25) is 0 Å². The van der Waals surface area contributed by atoms with Crippen LogP contribution in [0.4, 0.5) is 0 Å². The van der Waals surface area contributed by atoms with Crippen molar-refractivity contribution >= 4 is 37.6 Å². The summed E-state index contributed by atoms with van der Waals surface area (Å²) in [6, 6.07) is 6.47. The molecule has 17 heavy (non-hydrogen) atoms. The molecule has 1 unspecified atom stereocenters. The predicted molar refractivity (Wildman–Crippen MR) is 73.8 cm³/mol. The van der Waals surface area contributed by atoms with Gasteiger partial charge in [-0.2, -0.15) is 0 Å². The van der Waals surface area contributed by atoms with Gasteiger partial charge >= 0.3 is 0 Å². The fraction of sp³-hybridized carbons (Fsp3) is 0.455. The highest BCUT2D eigenvalue weighted by atomic mass is 79.9. The van der Waals surface area contributed by atoms with Gasteiger partial charge in [-0.25, -0.2) is 13.1 Å². The molecule has 96 valence electrons. The van der Waals surface area contributed by atoms with E-state index in [0.717, 1.165) is 4.47 Å². The molecule has 0 fully saturated rings. The molecule has 0 heterocycles. The first kappa shape index (κ1) is 15.0. The normalized spacial score (nSPS) is 13.9. The number of alkyl halides is 1. The van der Waals surface area contributed by atoms with Crippen molar-refractivity contribution in [1.29, 1.82) is 0 Å². The van der Waals surface area contributed by atoms with Gasteiger partial charge in [-0.3, -0.25) is 0 Å². The first-order valence-corrected chi connectivity index (χ1v) is 7.93. The van der Waals surface area contributed by atoms with Crippen LogP contribution in [-0.4, -0.2) is 20.3 Å². The zero-order valence-corrected chi connectivity index (χ0v) is 12.8. The second kappa shape index (κ2) is 6.18. The summed E-state index contributed by atoms with van der Waals surface area (Å²) in [6.07, 6.45) is 0. The quantitative estimate of drug-likeness (QED) is 0.838. The van der Waals surface area contributed by atoms with Crippen molar-refractivity contribution in [2.24, 2.45) is 5.92 Å². The Labute approximate surface area is 116 Å². The van der Waals surface area contributed by atoms with Crippen molar-refractivity contribution in [1.82, 2.24) is 4.72 Å². The molecule has 0 aliphatic rings. The summed E-state index contributed by atoms with van der Waals surface area (Å²) in [5.41, 5.74) is 0. The summed E-state index contributed by atoms with van der Waals surface area (Å²) in [5.74, 6) is 0.226. The monoisotopic (exact) mass is 339 g/mol. The highest BCUT2D eigenvalue weighted by Crippen LogP contribution is 2.15. The van der Waals surface area contributed by atoms with Crippen LogP contribution in [0.1, 0.15) is 13.8 Å². The van der Waals surface area contributed by atoms with E-state index < -0.39 is 10.0 Å². The molecule has 0 radical (unpaired) electrons. The summed E-state index contributed by atoms with van der Waals surface area (Å²) in [4.78, 5) is 0.244. The van der Waals surface area contributed by atoms with E-state index >= 15 is 0 Å². The topological polar surface area (TPSA) is 46.2 Å². The molecule has 0 saturated heterocycles. The van der Waals surface area contributed by atoms with Crippen molar-refractivity contribution in [3.05, 3.63) is 28.7 Å². The molecule has 6 heteroatoms. The van der Waals surface area contributed by atoms with Gasteiger partial charge in [0.2, 0.25) is 10.0 Å². The lowest BCUT2D eigenvalue weighted by Gasteiger charge is -2.14. The Morgan fingerprint density at radius 1 is 1.29 bits per heavy atom.